The van der Waals surface area contributed by atoms with E-state index in [1.165, 1.54) is 24.1 Å². The second kappa shape index (κ2) is 5.91. The lowest BCUT2D eigenvalue weighted by Gasteiger charge is -2.58. The van der Waals surface area contributed by atoms with Gasteiger partial charge in [0.25, 0.3) is 0 Å². The average molecular weight is 379 g/mol. The van der Waals surface area contributed by atoms with Gasteiger partial charge in [-0.2, -0.15) is 0 Å². The van der Waals surface area contributed by atoms with E-state index in [9.17, 15) is 4.79 Å². The van der Waals surface area contributed by atoms with Crippen LogP contribution in [0.4, 0.5) is 5.95 Å². The third-order valence-electron chi connectivity index (χ3n) is 8.58. The number of likely N-dealkylation sites (tertiary alicyclic amines) is 1. The van der Waals surface area contributed by atoms with Crippen LogP contribution in [0.25, 0.3) is 5.57 Å². The summed E-state index contributed by atoms with van der Waals surface area (Å²) < 4.78 is 0. The molecule has 28 heavy (non-hydrogen) atoms. The van der Waals surface area contributed by atoms with Crippen LogP contribution in [0.2, 0.25) is 0 Å². The largest absolute Gasteiger partial charge is 0.368 e. The van der Waals surface area contributed by atoms with Crippen LogP contribution in [0.3, 0.4) is 0 Å². The molecule has 0 unspecified atom stereocenters. The monoisotopic (exact) mass is 378 g/mol. The van der Waals surface area contributed by atoms with Crippen molar-refractivity contribution in [2.45, 2.75) is 52.4 Å². The van der Waals surface area contributed by atoms with Crippen molar-refractivity contribution < 1.29 is 4.79 Å². The fourth-order valence-corrected chi connectivity index (χ4v) is 7.07. The minimum Gasteiger partial charge on any atom is -0.368 e. The molecule has 0 radical (unpaired) electrons. The van der Waals surface area contributed by atoms with Gasteiger partial charge in [0.05, 0.1) is 0 Å². The molecule has 4 aliphatic rings. The first-order chi connectivity index (χ1) is 13.3. The standard InChI is InChI=1S/C23H30N4O/c1-22-10-8-18-15(4-7-19-23(18,2)11-9-20(28)27(19)3)17(22)6-5-16(22)14-12-25-21(24)26-13-14/h5,7,12-13,15,17-18H,4,6,8-11H2,1-3H3,(H2,24,25,26)/t15-,17-,18-,22+,23+/m0/s1. The first kappa shape index (κ1) is 17.9. The van der Waals surface area contributed by atoms with Gasteiger partial charge < -0.3 is 10.6 Å². The highest BCUT2D eigenvalue weighted by Crippen LogP contribution is 2.65. The van der Waals surface area contributed by atoms with E-state index >= 15 is 0 Å². The summed E-state index contributed by atoms with van der Waals surface area (Å²) in [5.41, 5.74) is 9.83. The fourth-order valence-electron chi connectivity index (χ4n) is 7.07. The Morgan fingerprint density at radius 2 is 1.82 bits per heavy atom. The number of carbonyl (C=O) groups is 1. The maximum absolute atomic E-state index is 12.3. The Bertz CT molecular complexity index is 888. The minimum atomic E-state index is 0.139. The summed E-state index contributed by atoms with van der Waals surface area (Å²) in [6.07, 6.45) is 14.9. The average Bonchev–Trinajstić information content (AvgIpc) is 3.03. The number of hydrogen-bond acceptors (Lipinski definition) is 4. The normalized spacial score (nSPS) is 39.6. The third kappa shape index (κ3) is 2.28. The van der Waals surface area contributed by atoms with Crippen LogP contribution in [0.1, 0.15) is 57.9 Å². The highest BCUT2D eigenvalue weighted by molar-refractivity contribution is 5.79. The van der Waals surface area contributed by atoms with Crippen molar-refractivity contribution in [3.63, 3.8) is 0 Å². The number of carbonyl (C=O) groups excluding carboxylic acids is 1. The van der Waals surface area contributed by atoms with E-state index in [4.69, 9.17) is 5.73 Å². The molecular formula is C23H30N4O. The topological polar surface area (TPSA) is 72.1 Å². The molecule has 1 saturated heterocycles. The predicted molar refractivity (Wildman–Crippen MR) is 110 cm³/mol. The molecule has 5 atom stereocenters. The predicted octanol–water partition coefficient (Wildman–Crippen LogP) is 4.04. The van der Waals surface area contributed by atoms with Crippen molar-refractivity contribution in [1.29, 1.82) is 0 Å². The molecule has 5 heteroatoms. The summed E-state index contributed by atoms with van der Waals surface area (Å²) in [6.45, 7) is 4.86. The quantitative estimate of drug-likeness (QED) is 0.800. The van der Waals surface area contributed by atoms with Crippen LogP contribution >= 0.6 is 0 Å². The van der Waals surface area contributed by atoms with Gasteiger partial charge >= 0.3 is 0 Å². The molecule has 3 aliphatic carbocycles. The van der Waals surface area contributed by atoms with E-state index in [2.05, 4.69) is 36.0 Å². The number of nitrogens with two attached hydrogens (primary N) is 1. The van der Waals surface area contributed by atoms with Crippen LogP contribution in [-0.4, -0.2) is 27.8 Å². The second-order valence-corrected chi connectivity index (χ2v) is 9.71. The van der Waals surface area contributed by atoms with Crippen molar-refractivity contribution in [3.8, 4) is 0 Å². The number of piperidine rings is 1. The molecule has 148 valence electrons. The SMILES string of the molecule is CN1C(=O)CC[C@@]2(C)C1=CC[C@@H]1[C@@H]2CC[C@]2(C)C(c3cnc(N)nc3)=CC[C@@H]12. The third-order valence-corrected chi connectivity index (χ3v) is 8.58. The number of fused-ring (bicyclic) bond motifs is 5. The molecule has 2 N–H and O–H groups in total. The molecule has 1 aromatic rings. The van der Waals surface area contributed by atoms with Gasteiger partial charge in [0.15, 0.2) is 0 Å². The number of nitrogen functional groups attached to an aromatic ring is 1. The lowest BCUT2D eigenvalue weighted by Crippen LogP contribution is -2.53. The lowest BCUT2D eigenvalue weighted by molar-refractivity contribution is -0.135. The van der Waals surface area contributed by atoms with Gasteiger partial charge in [-0.15, -0.1) is 0 Å². The number of anilines is 1. The van der Waals surface area contributed by atoms with Gasteiger partial charge in [-0.3, -0.25) is 4.79 Å². The maximum Gasteiger partial charge on any atom is 0.226 e. The van der Waals surface area contributed by atoms with Gasteiger partial charge in [-0.05, 0) is 60.8 Å². The summed E-state index contributed by atoms with van der Waals surface area (Å²) >= 11 is 0. The molecule has 5 rings (SSSR count). The number of rotatable bonds is 1. The van der Waals surface area contributed by atoms with Crippen LogP contribution in [0, 0.1) is 28.6 Å². The summed E-state index contributed by atoms with van der Waals surface area (Å²) in [6, 6.07) is 0. The molecule has 5 nitrogen and oxygen atoms in total. The number of aromatic nitrogens is 2. The molecule has 2 heterocycles. The van der Waals surface area contributed by atoms with Crippen molar-refractivity contribution in [2.24, 2.45) is 28.6 Å². The number of hydrogen-bond donors (Lipinski definition) is 1. The minimum absolute atomic E-state index is 0.139. The Morgan fingerprint density at radius 1 is 1.07 bits per heavy atom. The fraction of sp³-hybridized carbons (Fsp3) is 0.609. The zero-order chi connectivity index (χ0) is 19.7. The Kier molecular flexibility index (Phi) is 3.78. The smallest absolute Gasteiger partial charge is 0.226 e. The van der Waals surface area contributed by atoms with Crippen LogP contribution < -0.4 is 5.73 Å². The van der Waals surface area contributed by atoms with Crippen molar-refractivity contribution in [2.75, 3.05) is 12.8 Å². The van der Waals surface area contributed by atoms with E-state index < -0.39 is 0 Å². The van der Waals surface area contributed by atoms with Gasteiger partial charge in [0.2, 0.25) is 11.9 Å². The summed E-state index contributed by atoms with van der Waals surface area (Å²) in [5, 5.41) is 0. The molecule has 1 aromatic heterocycles. The second-order valence-electron chi connectivity index (χ2n) is 9.71. The highest BCUT2D eigenvalue weighted by atomic mass is 16.2. The zero-order valence-corrected chi connectivity index (χ0v) is 17.1. The Morgan fingerprint density at radius 3 is 2.57 bits per heavy atom. The number of amides is 1. The Labute approximate surface area is 167 Å². The van der Waals surface area contributed by atoms with E-state index in [1.807, 2.05) is 24.3 Å². The molecular weight excluding hydrogens is 348 g/mol. The maximum atomic E-state index is 12.3. The summed E-state index contributed by atoms with van der Waals surface area (Å²) in [4.78, 5) is 22.7. The first-order valence-electron chi connectivity index (χ1n) is 10.6. The van der Waals surface area contributed by atoms with Crippen LogP contribution in [-0.2, 0) is 4.79 Å². The molecule has 0 bridgehead atoms. The van der Waals surface area contributed by atoms with E-state index in [1.54, 1.807) is 0 Å². The zero-order valence-electron chi connectivity index (χ0n) is 17.1. The molecule has 2 fully saturated rings. The molecule has 0 spiro atoms. The van der Waals surface area contributed by atoms with E-state index in [0.29, 0.717) is 30.1 Å². The van der Waals surface area contributed by atoms with Crippen LogP contribution in [0.15, 0.2) is 30.2 Å². The molecule has 1 aliphatic heterocycles. The van der Waals surface area contributed by atoms with E-state index in [0.717, 1.165) is 24.8 Å². The highest BCUT2D eigenvalue weighted by Gasteiger charge is 2.57. The van der Waals surface area contributed by atoms with Gasteiger partial charge in [0, 0.05) is 42.5 Å². The Balaban J connectivity index is 1.48. The summed E-state index contributed by atoms with van der Waals surface area (Å²) in [7, 11) is 1.97. The van der Waals surface area contributed by atoms with Crippen molar-refractivity contribution >= 4 is 17.4 Å². The number of allylic oxidation sites excluding steroid dienone is 4. The number of nitrogens with zero attached hydrogens (tertiary/aromatic N) is 3. The first-order valence-corrected chi connectivity index (χ1v) is 10.6. The van der Waals surface area contributed by atoms with Gasteiger partial charge in [-0.1, -0.05) is 26.0 Å². The lowest BCUT2D eigenvalue weighted by atomic mass is 9.49. The van der Waals surface area contributed by atoms with Crippen molar-refractivity contribution in [1.82, 2.24) is 14.9 Å². The van der Waals surface area contributed by atoms with Gasteiger partial charge in [0.1, 0.15) is 0 Å². The Hall–Kier alpha value is -2.17. The van der Waals surface area contributed by atoms with E-state index in [-0.39, 0.29) is 16.7 Å². The summed E-state index contributed by atoms with van der Waals surface area (Å²) in [5.74, 6) is 2.60. The molecule has 1 amide bonds. The molecule has 0 aromatic carbocycles. The van der Waals surface area contributed by atoms with Gasteiger partial charge in [-0.25, -0.2) is 9.97 Å². The van der Waals surface area contributed by atoms with Crippen LogP contribution in [0.5, 0.6) is 0 Å². The van der Waals surface area contributed by atoms with Crippen molar-refractivity contribution in [3.05, 3.63) is 35.8 Å². The molecule has 1 saturated carbocycles.